The molecule has 0 saturated heterocycles. The first-order chi connectivity index (χ1) is 18.1. The van der Waals surface area contributed by atoms with E-state index in [0.717, 1.165) is 22.9 Å². The van der Waals surface area contributed by atoms with Crippen LogP contribution in [0.1, 0.15) is 112 Å². The fourth-order valence-electron chi connectivity index (χ4n) is 5.01. The molecule has 4 heterocycles. The zero-order valence-corrected chi connectivity index (χ0v) is 25.5. The highest BCUT2D eigenvalue weighted by Crippen LogP contribution is 2.51. The Morgan fingerprint density at radius 3 is 1.73 bits per heavy atom. The first kappa shape index (κ1) is 28.5. The maximum atomic E-state index is 11.9. The van der Waals surface area contributed by atoms with Crippen LogP contribution in [0.4, 0.5) is 0 Å². The molecule has 0 aliphatic rings. The van der Waals surface area contributed by atoms with E-state index in [2.05, 4.69) is 36.7 Å². The molecule has 4 aromatic rings. The van der Waals surface area contributed by atoms with Crippen LogP contribution >= 0.6 is 45.3 Å². The first-order valence-electron chi connectivity index (χ1n) is 14.1. The molecule has 0 spiro atoms. The van der Waals surface area contributed by atoms with Gasteiger partial charge in [0.1, 0.15) is 4.88 Å². The summed E-state index contributed by atoms with van der Waals surface area (Å²) in [6, 6.07) is 6.50. The van der Waals surface area contributed by atoms with Crippen LogP contribution < -0.4 is 0 Å². The van der Waals surface area contributed by atoms with Gasteiger partial charge in [0.2, 0.25) is 0 Å². The molecule has 0 atom stereocenters. The summed E-state index contributed by atoms with van der Waals surface area (Å²) in [5.41, 5.74) is 2.86. The first-order valence-corrected chi connectivity index (χ1v) is 17.5. The number of fused-ring (bicyclic) bond motifs is 1. The van der Waals surface area contributed by atoms with Gasteiger partial charge < -0.3 is 5.11 Å². The summed E-state index contributed by atoms with van der Waals surface area (Å²) >= 11 is 6.97. The van der Waals surface area contributed by atoms with Crippen LogP contribution in [0.25, 0.3) is 29.6 Å². The van der Waals surface area contributed by atoms with Gasteiger partial charge in [-0.15, -0.1) is 45.3 Å². The molecule has 0 unspecified atom stereocenters. The second-order valence-corrected chi connectivity index (χ2v) is 13.9. The molecular weight excluding hydrogens is 533 g/mol. The van der Waals surface area contributed by atoms with Gasteiger partial charge in [-0.05, 0) is 65.8 Å². The summed E-state index contributed by atoms with van der Waals surface area (Å²) in [4.78, 5) is 17.6. The molecule has 0 aliphatic heterocycles. The number of carboxylic acid groups (broad SMARTS) is 1. The lowest BCUT2D eigenvalue weighted by Gasteiger charge is -2.04. The Balaban J connectivity index is 1.57. The molecule has 4 rings (SSSR count). The minimum Gasteiger partial charge on any atom is -0.477 e. The van der Waals surface area contributed by atoms with Gasteiger partial charge in [-0.3, -0.25) is 0 Å². The van der Waals surface area contributed by atoms with Gasteiger partial charge in [0.05, 0.1) is 14.5 Å². The van der Waals surface area contributed by atoms with Crippen molar-refractivity contribution >= 4 is 61.4 Å². The van der Waals surface area contributed by atoms with Crippen molar-refractivity contribution in [2.24, 2.45) is 0 Å². The van der Waals surface area contributed by atoms with Gasteiger partial charge in [-0.25, -0.2) is 4.79 Å². The van der Waals surface area contributed by atoms with E-state index < -0.39 is 5.97 Å². The Morgan fingerprint density at radius 2 is 1.19 bits per heavy atom. The molecule has 200 valence electrons. The van der Waals surface area contributed by atoms with E-state index in [0.29, 0.717) is 4.88 Å². The lowest BCUT2D eigenvalue weighted by atomic mass is 10.0. The van der Waals surface area contributed by atoms with Crippen LogP contribution in [0.15, 0.2) is 29.0 Å². The summed E-state index contributed by atoms with van der Waals surface area (Å²) < 4.78 is 1.16. The lowest BCUT2D eigenvalue weighted by Crippen LogP contribution is -1.90. The van der Waals surface area contributed by atoms with Gasteiger partial charge in [0, 0.05) is 15.1 Å². The molecule has 0 aliphatic carbocycles. The van der Waals surface area contributed by atoms with Crippen molar-refractivity contribution in [1.29, 1.82) is 0 Å². The Morgan fingerprint density at radius 1 is 0.676 bits per heavy atom. The topological polar surface area (TPSA) is 37.3 Å². The molecule has 0 amide bonds. The van der Waals surface area contributed by atoms with Crippen LogP contribution in [0.2, 0.25) is 0 Å². The van der Waals surface area contributed by atoms with Crippen LogP contribution in [-0.2, 0) is 12.8 Å². The molecule has 0 radical (unpaired) electrons. The van der Waals surface area contributed by atoms with Gasteiger partial charge in [-0.1, -0.05) is 78.1 Å². The summed E-state index contributed by atoms with van der Waals surface area (Å²) in [6.07, 6.45) is 17.9. The average molecular weight is 573 g/mol. The molecule has 2 nitrogen and oxygen atoms in total. The number of aromatic carboxylic acids is 1. The summed E-state index contributed by atoms with van der Waals surface area (Å²) in [5.74, 6) is -0.819. The number of aryl methyl sites for hydroxylation is 2. The molecule has 0 bridgehead atoms. The number of unbranched alkanes of at least 4 members (excludes halogenated alkanes) is 10. The Labute approximate surface area is 238 Å². The molecule has 6 heteroatoms. The molecule has 37 heavy (non-hydrogen) atoms. The largest absolute Gasteiger partial charge is 0.477 e. The standard InChI is InChI=1S/C31H40O2S4/c1-3-5-7-9-11-13-15-22-17-19-34-26(22)28-24-21-25(31(32)33)36-29(24)30(37-28)27-23(18-20-35-27)16-14-12-10-8-6-4-2/h17-21H,3-16H2,1-2H3,(H,32,33). The Bertz CT molecular complexity index is 1170. The molecule has 0 aromatic carbocycles. The maximum absolute atomic E-state index is 11.9. The van der Waals surface area contributed by atoms with E-state index in [1.54, 1.807) is 0 Å². The summed E-state index contributed by atoms with van der Waals surface area (Å²) in [6.45, 7) is 4.53. The van der Waals surface area contributed by atoms with Gasteiger partial charge in [0.25, 0.3) is 0 Å². The van der Waals surface area contributed by atoms with Crippen LogP contribution in [-0.4, -0.2) is 11.1 Å². The second kappa shape index (κ2) is 14.6. The summed E-state index contributed by atoms with van der Waals surface area (Å²) in [5, 5.41) is 15.3. The SMILES string of the molecule is CCCCCCCCc1ccsc1-c1sc(-c2sccc2CCCCCCCC)c2sc(C(=O)O)cc12. The smallest absolute Gasteiger partial charge is 0.345 e. The highest BCUT2D eigenvalue weighted by atomic mass is 32.1. The zero-order valence-electron chi connectivity index (χ0n) is 22.3. The van der Waals surface area contributed by atoms with E-state index in [-0.39, 0.29) is 0 Å². The van der Waals surface area contributed by atoms with E-state index in [1.807, 2.05) is 40.1 Å². The van der Waals surface area contributed by atoms with Crippen molar-refractivity contribution in [2.75, 3.05) is 0 Å². The predicted molar refractivity (Wildman–Crippen MR) is 167 cm³/mol. The number of rotatable bonds is 17. The van der Waals surface area contributed by atoms with E-state index in [4.69, 9.17) is 0 Å². The second-order valence-electron chi connectivity index (χ2n) is 10.0. The van der Waals surface area contributed by atoms with Crippen molar-refractivity contribution in [3.63, 3.8) is 0 Å². The van der Waals surface area contributed by atoms with Crippen molar-refractivity contribution in [3.8, 4) is 19.5 Å². The lowest BCUT2D eigenvalue weighted by molar-refractivity contribution is 0.0702. The third-order valence-corrected chi connectivity index (χ3v) is 11.8. The molecule has 0 fully saturated rings. The quantitative estimate of drug-likeness (QED) is 0.128. The van der Waals surface area contributed by atoms with Gasteiger partial charge in [0.15, 0.2) is 0 Å². The molecule has 4 aromatic heterocycles. The normalized spacial score (nSPS) is 11.6. The highest BCUT2D eigenvalue weighted by Gasteiger charge is 2.23. The monoisotopic (exact) mass is 572 g/mol. The van der Waals surface area contributed by atoms with Crippen molar-refractivity contribution < 1.29 is 9.90 Å². The highest BCUT2D eigenvalue weighted by molar-refractivity contribution is 7.32. The number of thiophene rings is 4. The Kier molecular flexibility index (Phi) is 11.3. The maximum Gasteiger partial charge on any atom is 0.345 e. The van der Waals surface area contributed by atoms with E-state index in [9.17, 15) is 9.90 Å². The fourth-order valence-corrected chi connectivity index (χ4v) is 9.81. The number of hydrogen-bond donors (Lipinski definition) is 1. The molecule has 0 saturated carbocycles. The minimum atomic E-state index is -0.819. The van der Waals surface area contributed by atoms with Crippen molar-refractivity contribution in [1.82, 2.24) is 0 Å². The van der Waals surface area contributed by atoms with Gasteiger partial charge >= 0.3 is 5.97 Å². The molecular formula is C31H40O2S4. The number of carbonyl (C=O) groups is 1. The molecule has 1 N–H and O–H groups in total. The number of carboxylic acids is 1. The average Bonchev–Trinajstić information content (AvgIpc) is 3.67. The van der Waals surface area contributed by atoms with Crippen LogP contribution in [0.3, 0.4) is 0 Å². The van der Waals surface area contributed by atoms with Crippen molar-refractivity contribution in [2.45, 2.75) is 104 Å². The van der Waals surface area contributed by atoms with E-state index >= 15 is 0 Å². The number of hydrogen-bond acceptors (Lipinski definition) is 5. The third-order valence-electron chi connectivity index (χ3n) is 7.10. The zero-order chi connectivity index (χ0) is 26.0. The van der Waals surface area contributed by atoms with Crippen LogP contribution in [0, 0.1) is 0 Å². The predicted octanol–water partition coefficient (Wildman–Crippen LogP) is 11.9. The minimum absolute atomic E-state index is 0.448. The fraction of sp³-hybridized carbons (Fsp3) is 0.516. The third kappa shape index (κ3) is 7.35. The Hall–Kier alpha value is -1.47. The van der Waals surface area contributed by atoms with Gasteiger partial charge in [-0.2, -0.15) is 0 Å². The van der Waals surface area contributed by atoms with Crippen LogP contribution in [0.5, 0.6) is 0 Å². The summed E-state index contributed by atoms with van der Waals surface area (Å²) in [7, 11) is 0. The van der Waals surface area contributed by atoms with Crippen molar-refractivity contribution in [3.05, 3.63) is 45.0 Å². The van der Waals surface area contributed by atoms with E-state index in [1.165, 1.54) is 119 Å².